The van der Waals surface area contributed by atoms with Crippen LogP contribution in [0.25, 0.3) is 10.9 Å². The van der Waals surface area contributed by atoms with Gasteiger partial charge in [-0.2, -0.15) is 0 Å². The highest BCUT2D eigenvalue weighted by atomic mass is 15.1. The van der Waals surface area contributed by atoms with Crippen LogP contribution in [0.4, 0.5) is 17.3 Å². The largest absolute Gasteiger partial charge is 0.370 e. The van der Waals surface area contributed by atoms with Gasteiger partial charge in [-0.05, 0) is 18.1 Å². The molecule has 0 amide bonds. The molecule has 0 atom stereocenters. The van der Waals surface area contributed by atoms with Crippen molar-refractivity contribution >= 4 is 28.2 Å². The number of para-hydroxylation sites is 1. The predicted molar refractivity (Wildman–Crippen MR) is 90.4 cm³/mol. The zero-order valence-electron chi connectivity index (χ0n) is 12.7. The summed E-state index contributed by atoms with van der Waals surface area (Å²) in [6, 6.07) is 11.9. The third-order valence-corrected chi connectivity index (χ3v) is 3.25. The van der Waals surface area contributed by atoms with E-state index in [0.717, 1.165) is 34.8 Å². The molecule has 0 bridgehead atoms. The lowest BCUT2D eigenvalue weighted by Crippen LogP contribution is -2.09. The predicted octanol–water partition coefficient (Wildman–Crippen LogP) is 3.84. The van der Waals surface area contributed by atoms with E-state index in [1.54, 1.807) is 12.5 Å². The van der Waals surface area contributed by atoms with Crippen molar-refractivity contribution in [1.82, 2.24) is 15.0 Å². The van der Waals surface area contributed by atoms with E-state index < -0.39 is 0 Å². The van der Waals surface area contributed by atoms with Gasteiger partial charge >= 0.3 is 0 Å². The molecule has 1 aromatic carbocycles. The molecule has 0 aliphatic carbocycles. The van der Waals surface area contributed by atoms with Gasteiger partial charge in [-0.1, -0.05) is 32.0 Å². The summed E-state index contributed by atoms with van der Waals surface area (Å²) in [4.78, 5) is 13.0. The van der Waals surface area contributed by atoms with Gasteiger partial charge in [0.05, 0.1) is 11.2 Å². The summed E-state index contributed by atoms with van der Waals surface area (Å²) in [6.07, 6.45) is 3.35. The average molecular weight is 293 g/mol. The van der Waals surface area contributed by atoms with Crippen LogP contribution in [0.2, 0.25) is 0 Å². The van der Waals surface area contributed by atoms with Crippen LogP contribution >= 0.6 is 0 Å². The molecule has 3 rings (SSSR count). The molecule has 0 spiro atoms. The van der Waals surface area contributed by atoms with Crippen molar-refractivity contribution in [1.29, 1.82) is 0 Å². The van der Waals surface area contributed by atoms with Crippen LogP contribution in [0.5, 0.6) is 0 Å². The Bertz CT molecular complexity index is 764. The molecule has 22 heavy (non-hydrogen) atoms. The Morgan fingerprint density at radius 3 is 2.68 bits per heavy atom. The summed E-state index contributed by atoms with van der Waals surface area (Å²) in [6.45, 7) is 5.20. The van der Waals surface area contributed by atoms with Crippen molar-refractivity contribution in [2.24, 2.45) is 5.92 Å². The molecule has 5 nitrogen and oxygen atoms in total. The van der Waals surface area contributed by atoms with Crippen molar-refractivity contribution < 1.29 is 0 Å². The SMILES string of the molecule is CC(C)CNc1cc(Nc2cccc3cccnc23)ncn1. The van der Waals surface area contributed by atoms with E-state index in [9.17, 15) is 0 Å². The number of hydrogen-bond donors (Lipinski definition) is 2. The third-order valence-electron chi connectivity index (χ3n) is 3.25. The van der Waals surface area contributed by atoms with Gasteiger partial charge in [-0.3, -0.25) is 4.98 Å². The molecule has 0 aliphatic rings. The molecule has 112 valence electrons. The summed E-state index contributed by atoms with van der Waals surface area (Å²) in [5, 5.41) is 7.72. The number of rotatable bonds is 5. The number of nitrogens with one attached hydrogen (secondary N) is 2. The van der Waals surface area contributed by atoms with Crippen molar-refractivity contribution in [2.45, 2.75) is 13.8 Å². The first-order chi connectivity index (χ1) is 10.7. The maximum Gasteiger partial charge on any atom is 0.135 e. The van der Waals surface area contributed by atoms with Gasteiger partial charge < -0.3 is 10.6 Å². The maximum absolute atomic E-state index is 4.44. The average Bonchev–Trinajstić information content (AvgIpc) is 2.54. The van der Waals surface area contributed by atoms with Crippen molar-refractivity contribution in [3.8, 4) is 0 Å². The number of pyridine rings is 1. The third kappa shape index (κ3) is 3.31. The number of nitrogens with zero attached hydrogens (tertiary/aromatic N) is 3. The molecule has 0 saturated carbocycles. The molecule has 3 aromatic rings. The van der Waals surface area contributed by atoms with Crippen LogP contribution in [0.1, 0.15) is 13.8 Å². The van der Waals surface area contributed by atoms with E-state index >= 15 is 0 Å². The first-order valence-corrected chi connectivity index (χ1v) is 7.39. The highest BCUT2D eigenvalue weighted by Gasteiger charge is 2.04. The topological polar surface area (TPSA) is 62.7 Å². The highest BCUT2D eigenvalue weighted by molar-refractivity contribution is 5.91. The van der Waals surface area contributed by atoms with Crippen molar-refractivity contribution in [2.75, 3.05) is 17.2 Å². The van der Waals surface area contributed by atoms with E-state index in [4.69, 9.17) is 0 Å². The quantitative estimate of drug-likeness (QED) is 0.748. The van der Waals surface area contributed by atoms with Gasteiger partial charge in [0.2, 0.25) is 0 Å². The van der Waals surface area contributed by atoms with Crippen molar-refractivity contribution in [3.63, 3.8) is 0 Å². The normalized spacial score (nSPS) is 10.9. The Kier molecular flexibility index (Phi) is 4.14. The Balaban J connectivity index is 1.84. The molecule has 2 aromatic heterocycles. The number of anilines is 3. The zero-order chi connectivity index (χ0) is 15.4. The minimum atomic E-state index is 0.564. The number of aromatic nitrogens is 3. The number of hydrogen-bond acceptors (Lipinski definition) is 5. The van der Waals surface area contributed by atoms with Crippen LogP contribution in [0, 0.1) is 5.92 Å². The fraction of sp³-hybridized carbons (Fsp3) is 0.235. The lowest BCUT2D eigenvalue weighted by molar-refractivity contribution is 0.687. The maximum atomic E-state index is 4.44. The van der Waals surface area contributed by atoms with E-state index in [1.165, 1.54) is 0 Å². The summed E-state index contributed by atoms with van der Waals surface area (Å²) in [5.41, 5.74) is 1.87. The molecule has 0 aliphatic heterocycles. The lowest BCUT2D eigenvalue weighted by atomic mass is 10.2. The standard InChI is InChI=1S/C17H19N5/c1-12(2)10-19-15-9-16(21-11-20-15)22-14-7-3-5-13-6-4-8-18-17(13)14/h3-9,11-12H,10H2,1-2H3,(H2,19,20,21,22). The molecule has 0 fully saturated rings. The summed E-state index contributed by atoms with van der Waals surface area (Å²) in [7, 11) is 0. The van der Waals surface area contributed by atoms with E-state index in [1.807, 2.05) is 36.4 Å². The highest BCUT2D eigenvalue weighted by Crippen LogP contribution is 2.24. The first-order valence-electron chi connectivity index (χ1n) is 7.39. The van der Waals surface area contributed by atoms with Gasteiger partial charge in [0.25, 0.3) is 0 Å². The minimum Gasteiger partial charge on any atom is -0.370 e. The second-order valence-electron chi connectivity index (χ2n) is 5.57. The molecular weight excluding hydrogens is 274 g/mol. The van der Waals surface area contributed by atoms with Gasteiger partial charge in [-0.15, -0.1) is 0 Å². The fourth-order valence-corrected chi connectivity index (χ4v) is 2.17. The molecule has 0 unspecified atom stereocenters. The minimum absolute atomic E-state index is 0.564. The first kappa shape index (κ1) is 14.3. The molecule has 0 saturated heterocycles. The Morgan fingerprint density at radius 1 is 1.00 bits per heavy atom. The summed E-state index contributed by atoms with van der Waals surface area (Å²) in [5.74, 6) is 2.13. The van der Waals surface area contributed by atoms with Crippen LogP contribution in [-0.4, -0.2) is 21.5 Å². The molecule has 2 N–H and O–H groups in total. The molecular formula is C17H19N5. The smallest absolute Gasteiger partial charge is 0.135 e. The molecule has 0 radical (unpaired) electrons. The summed E-state index contributed by atoms with van der Waals surface area (Å²) < 4.78 is 0. The number of fused-ring (bicyclic) bond motifs is 1. The van der Waals surface area contributed by atoms with Crippen LogP contribution in [0.3, 0.4) is 0 Å². The van der Waals surface area contributed by atoms with E-state index in [2.05, 4.69) is 39.4 Å². The van der Waals surface area contributed by atoms with Gasteiger partial charge in [0.15, 0.2) is 0 Å². The van der Waals surface area contributed by atoms with E-state index in [0.29, 0.717) is 5.92 Å². The zero-order valence-corrected chi connectivity index (χ0v) is 12.7. The Hall–Kier alpha value is -2.69. The second kappa shape index (κ2) is 6.39. The summed E-state index contributed by atoms with van der Waals surface area (Å²) >= 11 is 0. The Morgan fingerprint density at radius 2 is 1.82 bits per heavy atom. The monoisotopic (exact) mass is 293 g/mol. The van der Waals surface area contributed by atoms with Gasteiger partial charge in [-0.25, -0.2) is 9.97 Å². The fourth-order valence-electron chi connectivity index (χ4n) is 2.17. The second-order valence-corrected chi connectivity index (χ2v) is 5.57. The van der Waals surface area contributed by atoms with Crippen LogP contribution < -0.4 is 10.6 Å². The van der Waals surface area contributed by atoms with Crippen LogP contribution in [0.15, 0.2) is 48.9 Å². The lowest BCUT2D eigenvalue weighted by Gasteiger charge is -2.11. The van der Waals surface area contributed by atoms with E-state index in [-0.39, 0.29) is 0 Å². The molecule has 2 heterocycles. The molecule has 5 heteroatoms. The number of benzene rings is 1. The van der Waals surface area contributed by atoms with Crippen LogP contribution in [-0.2, 0) is 0 Å². The van der Waals surface area contributed by atoms with Gasteiger partial charge in [0.1, 0.15) is 18.0 Å². The van der Waals surface area contributed by atoms with Gasteiger partial charge in [0, 0.05) is 24.2 Å². The van der Waals surface area contributed by atoms with Crippen molar-refractivity contribution in [3.05, 3.63) is 48.9 Å². The Labute approximate surface area is 129 Å².